The fraction of sp³-hybridized carbons (Fsp3) is 0.208. The molecule has 1 heterocycles. The molecule has 0 aliphatic carbocycles. The van der Waals surface area contributed by atoms with Crippen molar-refractivity contribution in [2.45, 2.75) is 20.0 Å². The highest BCUT2D eigenvalue weighted by Crippen LogP contribution is 2.37. The van der Waals surface area contributed by atoms with Gasteiger partial charge in [0.05, 0.1) is 33.8 Å². The standard InChI is InChI=1S/C24H20ClF3N2O5S/c1-12-6-4-5-7-17(12)35-11-18(31)30-22-19(23(33)34-3)13(2)20(36-22)21(32)29-16-10-14(24(26,27)28)8-9-15(16)25/h4-10H,11H2,1-3H3,(H,29,32)(H,30,31). The average Bonchev–Trinajstić information content (AvgIpc) is 3.14. The molecule has 2 aromatic carbocycles. The molecule has 0 fully saturated rings. The van der Waals surface area contributed by atoms with Crippen molar-refractivity contribution in [3.8, 4) is 5.75 Å². The van der Waals surface area contributed by atoms with E-state index in [0.29, 0.717) is 11.8 Å². The third-order valence-electron chi connectivity index (χ3n) is 4.99. The maximum atomic E-state index is 13.1. The van der Waals surface area contributed by atoms with Crippen LogP contribution in [-0.2, 0) is 15.7 Å². The maximum Gasteiger partial charge on any atom is 0.416 e. The molecule has 0 radical (unpaired) electrons. The van der Waals surface area contributed by atoms with Gasteiger partial charge in [-0.05, 0) is 49.2 Å². The lowest BCUT2D eigenvalue weighted by Gasteiger charge is -2.11. The van der Waals surface area contributed by atoms with Crippen LogP contribution < -0.4 is 15.4 Å². The fourth-order valence-corrected chi connectivity index (χ4v) is 4.44. The van der Waals surface area contributed by atoms with Gasteiger partial charge in [0.1, 0.15) is 10.8 Å². The highest BCUT2D eigenvalue weighted by atomic mass is 35.5. The summed E-state index contributed by atoms with van der Waals surface area (Å²) in [6, 6.07) is 9.58. The summed E-state index contributed by atoms with van der Waals surface area (Å²) in [5.41, 5.74) is -0.336. The zero-order valence-electron chi connectivity index (χ0n) is 19.2. The summed E-state index contributed by atoms with van der Waals surface area (Å²) in [4.78, 5) is 37.8. The molecule has 12 heteroatoms. The Bertz CT molecular complexity index is 1320. The number of rotatable bonds is 7. The van der Waals surface area contributed by atoms with Crippen LogP contribution in [0.2, 0.25) is 5.02 Å². The quantitative estimate of drug-likeness (QED) is 0.354. The summed E-state index contributed by atoms with van der Waals surface area (Å²) in [5, 5.41) is 4.78. The van der Waals surface area contributed by atoms with E-state index in [-0.39, 0.29) is 38.3 Å². The molecule has 2 N–H and O–H groups in total. The molecule has 3 aromatic rings. The van der Waals surface area contributed by atoms with E-state index in [1.807, 2.05) is 19.1 Å². The predicted octanol–water partition coefficient (Wildman–Crippen LogP) is 6.09. The molecule has 0 unspecified atom stereocenters. The Morgan fingerprint density at radius 3 is 2.39 bits per heavy atom. The van der Waals surface area contributed by atoms with Gasteiger partial charge in [0.15, 0.2) is 6.61 Å². The van der Waals surface area contributed by atoms with Gasteiger partial charge < -0.3 is 20.1 Å². The molecule has 0 atom stereocenters. The lowest BCUT2D eigenvalue weighted by molar-refractivity contribution is -0.137. The minimum atomic E-state index is -4.64. The second-order valence-electron chi connectivity index (χ2n) is 7.50. The molecule has 1 aromatic heterocycles. The van der Waals surface area contributed by atoms with Crippen LogP contribution in [0.5, 0.6) is 5.75 Å². The third kappa shape index (κ3) is 6.16. The van der Waals surface area contributed by atoms with E-state index < -0.39 is 29.5 Å². The summed E-state index contributed by atoms with van der Waals surface area (Å²) < 4.78 is 49.5. The zero-order valence-corrected chi connectivity index (χ0v) is 20.8. The van der Waals surface area contributed by atoms with E-state index in [2.05, 4.69) is 10.6 Å². The molecule has 7 nitrogen and oxygen atoms in total. The number of methoxy groups -OCH3 is 1. The second kappa shape index (κ2) is 11.0. The average molecular weight is 541 g/mol. The van der Waals surface area contributed by atoms with Crippen LogP contribution in [0.25, 0.3) is 0 Å². The van der Waals surface area contributed by atoms with Gasteiger partial charge in [-0.25, -0.2) is 4.79 Å². The Labute approximate surface area is 213 Å². The van der Waals surface area contributed by atoms with Crippen molar-refractivity contribution in [1.29, 1.82) is 0 Å². The minimum absolute atomic E-state index is 0.0259. The SMILES string of the molecule is COC(=O)c1c(NC(=O)COc2ccccc2C)sc(C(=O)Nc2cc(C(F)(F)F)ccc2Cl)c1C. The summed E-state index contributed by atoms with van der Waals surface area (Å²) >= 11 is 6.73. The first-order valence-electron chi connectivity index (χ1n) is 10.3. The van der Waals surface area contributed by atoms with Crippen LogP contribution in [0.1, 0.15) is 36.7 Å². The molecular weight excluding hydrogens is 521 g/mol. The van der Waals surface area contributed by atoms with E-state index in [4.69, 9.17) is 21.1 Å². The number of thiophene rings is 1. The zero-order chi connectivity index (χ0) is 26.6. The Kier molecular flexibility index (Phi) is 8.26. The predicted molar refractivity (Wildman–Crippen MR) is 130 cm³/mol. The van der Waals surface area contributed by atoms with Gasteiger partial charge in [0.2, 0.25) is 0 Å². The lowest BCUT2D eigenvalue weighted by Crippen LogP contribution is -2.21. The van der Waals surface area contributed by atoms with Gasteiger partial charge in [-0.1, -0.05) is 29.8 Å². The molecule has 36 heavy (non-hydrogen) atoms. The second-order valence-corrected chi connectivity index (χ2v) is 8.93. The number of para-hydroxylation sites is 1. The Morgan fingerprint density at radius 1 is 1.06 bits per heavy atom. The number of carbonyl (C=O) groups excluding carboxylic acids is 3. The summed E-state index contributed by atoms with van der Waals surface area (Å²) in [6.07, 6.45) is -4.64. The normalized spacial score (nSPS) is 11.1. The molecule has 3 rings (SSSR count). The molecule has 0 saturated heterocycles. The van der Waals surface area contributed by atoms with E-state index >= 15 is 0 Å². The smallest absolute Gasteiger partial charge is 0.416 e. The maximum absolute atomic E-state index is 13.1. The number of amides is 2. The van der Waals surface area contributed by atoms with Crippen LogP contribution in [0.15, 0.2) is 42.5 Å². The number of alkyl halides is 3. The van der Waals surface area contributed by atoms with Crippen molar-refractivity contribution < 1.29 is 37.0 Å². The van der Waals surface area contributed by atoms with Crippen LogP contribution >= 0.6 is 22.9 Å². The van der Waals surface area contributed by atoms with Gasteiger partial charge >= 0.3 is 12.1 Å². The number of carbonyl (C=O) groups is 3. The van der Waals surface area contributed by atoms with Gasteiger partial charge in [-0.2, -0.15) is 13.2 Å². The molecule has 190 valence electrons. The van der Waals surface area contributed by atoms with E-state index in [0.717, 1.165) is 36.1 Å². The molecule has 0 spiro atoms. The third-order valence-corrected chi connectivity index (χ3v) is 6.53. The van der Waals surface area contributed by atoms with Crippen LogP contribution in [0, 0.1) is 13.8 Å². The number of ether oxygens (including phenoxy) is 2. The molecule has 0 aliphatic rings. The first-order valence-corrected chi connectivity index (χ1v) is 11.5. The summed E-state index contributed by atoms with van der Waals surface area (Å²) in [7, 11) is 1.13. The molecule has 0 saturated carbocycles. The first kappa shape index (κ1) is 27.0. The van der Waals surface area contributed by atoms with Gasteiger partial charge in [-0.15, -0.1) is 11.3 Å². The number of nitrogens with one attached hydrogen (secondary N) is 2. The van der Waals surface area contributed by atoms with Crippen molar-refractivity contribution in [3.05, 3.63) is 74.6 Å². The van der Waals surface area contributed by atoms with Crippen molar-refractivity contribution in [2.24, 2.45) is 0 Å². The Balaban J connectivity index is 1.85. The topological polar surface area (TPSA) is 93.7 Å². The number of hydrogen-bond acceptors (Lipinski definition) is 6. The summed E-state index contributed by atoms with van der Waals surface area (Å²) in [6.45, 7) is 2.89. The molecule has 0 aliphatic heterocycles. The van der Waals surface area contributed by atoms with Gasteiger partial charge in [0.25, 0.3) is 11.8 Å². The number of esters is 1. The van der Waals surface area contributed by atoms with E-state index in [9.17, 15) is 27.6 Å². The van der Waals surface area contributed by atoms with Crippen LogP contribution in [-0.4, -0.2) is 31.5 Å². The number of hydrogen-bond donors (Lipinski definition) is 2. The van der Waals surface area contributed by atoms with Crippen LogP contribution in [0.3, 0.4) is 0 Å². The van der Waals surface area contributed by atoms with E-state index in [1.165, 1.54) is 6.92 Å². The Morgan fingerprint density at radius 2 is 1.75 bits per heavy atom. The fourth-order valence-electron chi connectivity index (χ4n) is 3.17. The van der Waals surface area contributed by atoms with Crippen molar-refractivity contribution in [3.63, 3.8) is 0 Å². The lowest BCUT2D eigenvalue weighted by atomic mass is 10.1. The van der Waals surface area contributed by atoms with Crippen molar-refractivity contribution in [1.82, 2.24) is 0 Å². The molecular formula is C24H20ClF3N2O5S. The summed E-state index contributed by atoms with van der Waals surface area (Å²) in [5.74, 6) is -1.73. The van der Waals surface area contributed by atoms with Crippen LogP contribution in [0.4, 0.5) is 23.9 Å². The molecule has 0 bridgehead atoms. The van der Waals surface area contributed by atoms with Crippen molar-refractivity contribution >= 4 is 51.4 Å². The first-order chi connectivity index (χ1) is 16.9. The van der Waals surface area contributed by atoms with Gasteiger partial charge in [-0.3, -0.25) is 9.59 Å². The highest BCUT2D eigenvalue weighted by molar-refractivity contribution is 7.19. The van der Waals surface area contributed by atoms with Gasteiger partial charge in [0, 0.05) is 0 Å². The number of aryl methyl sites for hydroxylation is 1. The Hall–Kier alpha value is -3.57. The number of halogens is 4. The largest absolute Gasteiger partial charge is 0.483 e. The highest BCUT2D eigenvalue weighted by Gasteiger charge is 2.32. The number of benzene rings is 2. The van der Waals surface area contributed by atoms with E-state index in [1.54, 1.807) is 12.1 Å². The minimum Gasteiger partial charge on any atom is -0.483 e. The monoisotopic (exact) mass is 540 g/mol. The van der Waals surface area contributed by atoms with Crippen molar-refractivity contribution in [2.75, 3.05) is 24.4 Å². The molecule has 2 amide bonds. The number of anilines is 2.